The van der Waals surface area contributed by atoms with Crippen molar-refractivity contribution >= 4 is 18.3 Å². The molecular weight excluding hydrogens is 178 g/mol. The monoisotopic (exact) mass is 195 g/mol. The molecule has 0 aliphatic carbocycles. The van der Waals surface area contributed by atoms with Crippen molar-refractivity contribution in [2.45, 2.75) is 19.8 Å². The van der Waals surface area contributed by atoms with Crippen molar-refractivity contribution in [3.05, 3.63) is 29.8 Å². The maximum absolute atomic E-state index is 4.22. The third-order valence-electron chi connectivity index (χ3n) is 2.21. The van der Waals surface area contributed by atoms with Crippen molar-refractivity contribution in [3.8, 4) is 0 Å². The number of benzene rings is 1. The predicted octanol–water partition coefficient (Wildman–Crippen LogP) is 3.13. The van der Waals surface area contributed by atoms with Crippen molar-refractivity contribution in [3.63, 3.8) is 0 Å². The molecule has 0 spiro atoms. The Labute approximate surface area is 86.2 Å². The van der Waals surface area contributed by atoms with Crippen LogP contribution in [0.25, 0.3) is 0 Å². The Hall–Kier alpha value is -0.630. The van der Waals surface area contributed by atoms with E-state index in [1.807, 2.05) is 7.05 Å². The molecule has 0 saturated heterocycles. The molecule has 72 valence electrons. The van der Waals surface area contributed by atoms with Gasteiger partial charge in [0.15, 0.2) is 0 Å². The molecule has 0 atom stereocenters. The van der Waals surface area contributed by atoms with Gasteiger partial charge in [-0.1, -0.05) is 26.0 Å². The highest BCUT2D eigenvalue weighted by molar-refractivity contribution is 7.80. The molecule has 0 N–H and O–H groups in total. The molecule has 13 heavy (non-hydrogen) atoms. The summed E-state index contributed by atoms with van der Waals surface area (Å²) in [5, 5.41) is 0. The van der Waals surface area contributed by atoms with Gasteiger partial charge < -0.3 is 4.90 Å². The van der Waals surface area contributed by atoms with Crippen LogP contribution in [0.3, 0.4) is 0 Å². The highest BCUT2D eigenvalue weighted by Gasteiger charge is 2.00. The number of rotatable bonds is 3. The lowest BCUT2D eigenvalue weighted by Crippen LogP contribution is -2.13. The summed E-state index contributed by atoms with van der Waals surface area (Å²) in [5.74, 6) is 1.36. The van der Waals surface area contributed by atoms with Gasteiger partial charge in [-0.25, -0.2) is 0 Å². The van der Waals surface area contributed by atoms with Gasteiger partial charge in [-0.2, -0.15) is 12.6 Å². The summed E-state index contributed by atoms with van der Waals surface area (Å²) in [6.45, 7) is 4.41. The maximum atomic E-state index is 4.22. The zero-order chi connectivity index (χ0) is 9.84. The van der Waals surface area contributed by atoms with Crippen molar-refractivity contribution in [1.29, 1.82) is 0 Å². The summed E-state index contributed by atoms with van der Waals surface area (Å²) in [6.07, 6.45) is 0. The topological polar surface area (TPSA) is 3.24 Å². The minimum atomic E-state index is 0.607. The van der Waals surface area contributed by atoms with E-state index in [0.29, 0.717) is 5.92 Å². The van der Waals surface area contributed by atoms with Crippen LogP contribution in [0.1, 0.15) is 25.3 Å². The molecule has 0 radical (unpaired) electrons. The highest BCUT2D eigenvalue weighted by atomic mass is 32.1. The second kappa shape index (κ2) is 4.56. The summed E-state index contributed by atoms with van der Waals surface area (Å²) in [7, 11) is 2.04. The predicted molar refractivity (Wildman–Crippen MR) is 62.8 cm³/mol. The van der Waals surface area contributed by atoms with Gasteiger partial charge in [0.25, 0.3) is 0 Å². The fraction of sp³-hybridized carbons (Fsp3) is 0.455. The van der Waals surface area contributed by atoms with Gasteiger partial charge in [-0.15, -0.1) is 0 Å². The van der Waals surface area contributed by atoms with Crippen LogP contribution in [0.4, 0.5) is 5.69 Å². The fourth-order valence-electron chi connectivity index (χ4n) is 1.20. The van der Waals surface area contributed by atoms with Crippen LogP contribution in [-0.2, 0) is 0 Å². The normalized spacial score (nSPS) is 10.5. The molecule has 0 saturated carbocycles. The van der Waals surface area contributed by atoms with Crippen LogP contribution < -0.4 is 4.90 Å². The Kier molecular flexibility index (Phi) is 3.67. The molecule has 1 rings (SSSR count). The lowest BCUT2D eigenvalue weighted by atomic mass is 10.0. The lowest BCUT2D eigenvalue weighted by molar-refractivity contribution is 0.866. The van der Waals surface area contributed by atoms with Gasteiger partial charge in [0.05, 0.1) is 5.88 Å². The SMILES string of the molecule is CC(C)c1ccc(N(C)CS)cc1. The number of thiol groups is 1. The maximum Gasteiger partial charge on any atom is 0.0606 e. The molecule has 0 unspecified atom stereocenters. The minimum absolute atomic E-state index is 0.607. The molecule has 0 bridgehead atoms. The van der Waals surface area contributed by atoms with Gasteiger partial charge >= 0.3 is 0 Å². The zero-order valence-electron chi connectivity index (χ0n) is 8.49. The molecule has 1 aromatic rings. The van der Waals surface area contributed by atoms with Crippen molar-refractivity contribution in [1.82, 2.24) is 0 Å². The first-order chi connectivity index (χ1) is 6.15. The smallest absolute Gasteiger partial charge is 0.0606 e. The molecule has 0 fully saturated rings. The highest BCUT2D eigenvalue weighted by Crippen LogP contribution is 2.19. The number of nitrogens with zero attached hydrogens (tertiary/aromatic N) is 1. The number of hydrogen-bond acceptors (Lipinski definition) is 2. The molecule has 0 aromatic heterocycles. The van der Waals surface area contributed by atoms with Crippen molar-refractivity contribution in [2.75, 3.05) is 17.8 Å². The molecule has 0 heterocycles. The molecule has 0 aliphatic heterocycles. The van der Waals surface area contributed by atoms with Crippen LogP contribution in [0.2, 0.25) is 0 Å². The standard InChI is InChI=1S/C11H17NS/c1-9(2)10-4-6-11(7-5-10)12(3)8-13/h4-7,9,13H,8H2,1-3H3. The summed E-state index contributed by atoms with van der Waals surface area (Å²) >= 11 is 4.22. The van der Waals surface area contributed by atoms with E-state index in [4.69, 9.17) is 0 Å². The van der Waals surface area contributed by atoms with Crippen LogP contribution in [0.15, 0.2) is 24.3 Å². The summed E-state index contributed by atoms with van der Waals surface area (Å²) in [6, 6.07) is 8.65. The van der Waals surface area contributed by atoms with Crippen LogP contribution >= 0.6 is 12.6 Å². The van der Waals surface area contributed by atoms with E-state index in [0.717, 1.165) is 5.88 Å². The second-order valence-corrected chi connectivity index (χ2v) is 3.87. The van der Waals surface area contributed by atoms with E-state index >= 15 is 0 Å². The molecule has 0 amide bonds. The van der Waals surface area contributed by atoms with Crippen LogP contribution in [-0.4, -0.2) is 12.9 Å². The van der Waals surface area contributed by atoms with E-state index in [-0.39, 0.29) is 0 Å². The van der Waals surface area contributed by atoms with Crippen LogP contribution in [0.5, 0.6) is 0 Å². The summed E-state index contributed by atoms with van der Waals surface area (Å²) < 4.78 is 0. The fourth-order valence-corrected chi connectivity index (χ4v) is 1.36. The molecule has 1 aromatic carbocycles. The van der Waals surface area contributed by atoms with Gasteiger partial charge in [-0.05, 0) is 23.6 Å². The zero-order valence-corrected chi connectivity index (χ0v) is 9.38. The van der Waals surface area contributed by atoms with Gasteiger partial charge in [0, 0.05) is 12.7 Å². The second-order valence-electron chi connectivity index (χ2n) is 3.59. The quantitative estimate of drug-likeness (QED) is 0.573. The Morgan fingerprint density at radius 3 is 2.15 bits per heavy atom. The molecule has 1 nitrogen and oxygen atoms in total. The van der Waals surface area contributed by atoms with Gasteiger partial charge in [-0.3, -0.25) is 0 Å². The third-order valence-corrected chi connectivity index (χ3v) is 2.64. The Morgan fingerprint density at radius 2 is 1.77 bits per heavy atom. The first kappa shape index (κ1) is 10.5. The number of hydrogen-bond donors (Lipinski definition) is 1. The Morgan fingerprint density at radius 1 is 1.23 bits per heavy atom. The van der Waals surface area contributed by atoms with E-state index in [2.05, 4.69) is 55.6 Å². The lowest BCUT2D eigenvalue weighted by Gasteiger charge is -2.16. The van der Waals surface area contributed by atoms with E-state index in [1.54, 1.807) is 0 Å². The van der Waals surface area contributed by atoms with E-state index < -0.39 is 0 Å². The first-order valence-electron chi connectivity index (χ1n) is 4.57. The van der Waals surface area contributed by atoms with Crippen molar-refractivity contribution in [2.24, 2.45) is 0 Å². The van der Waals surface area contributed by atoms with Gasteiger partial charge in [0.2, 0.25) is 0 Å². The van der Waals surface area contributed by atoms with Crippen LogP contribution in [0, 0.1) is 0 Å². The van der Waals surface area contributed by atoms with Crippen molar-refractivity contribution < 1.29 is 0 Å². The molecular formula is C11H17NS. The average Bonchev–Trinajstić information content (AvgIpc) is 2.17. The largest absolute Gasteiger partial charge is 0.366 e. The van der Waals surface area contributed by atoms with E-state index in [1.165, 1.54) is 11.3 Å². The first-order valence-corrected chi connectivity index (χ1v) is 5.20. The summed E-state index contributed by atoms with van der Waals surface area (Å²) in [4.78, 5) is 2.10. The summed E-state index contributed by atoms with van der Waals surface area (Å²) in [5.41, 5.74) is 2.61. The average molecular weight is 195 g/mol. The Bertz CT molecular complexity index is 253. The molecule has 0 aliphatic rings. The van der Waals surface area contributed by atoms with Gasteiger partial charge in [0.1, 0.15) is 0 Å². The third kappa shape index (κ3) is 2.66. The van der Waals surface area contributed by atoms with E-state index in [9.17, 15) is 0 Å². The Balaban J connectivity index is 2.81. The molecule has 2 heteroatoms. The number of anilines is 1. The minimum Gasteiger partial charge on any atom is -0.366 e.